The summed E-state index contributed by atoms with van der Waals surface area (Å²) in [5.74, 6) is -2.14. The first-order chi connectivity index (χ1) is 17.0. The van der Waals surface area contributed by atoms with Crippen LogP contribution in [-0.2, 0) is 9.59 Å². The molecule has 0 saturated carbocycles. The number of hydrogen-bond donors (Lipinski definition) is 5. The van der Waals surface area contributed by atoms with Gasteiger partial charge in [0.25, 0.3) is 0 Å². The molecule has 0 fully saturated rings. The zero-order valence-electron chi connectivity index (χ0n) is 22.0. The van der Waals surface area contributed by atoms with Gasteiger partial charge in [0.15, 0.2) is 11.6 Å². The van der Waals surface area contributed by atoms with E-state index in [0.29, 0.717) is 18.6 Å². The summed E-state index contributed by atoms with van der Waals surface area (Å²) in [5.41, 5.74) is 6.58. The molecular weight excluding hydrogens is 468 g/mol. The van der Waals surface area contributed by atoms with Gasteiger partial charge in [-0.15, -0.1) is 0 Å². The number of hydrogen-bond acceptors (Lipinski definition) is 7. The lowest BCUT2D eigenvalue weighted by molar-refractivity contribution is -0.134. The number of carboxylic acids is 2. The standard InChI is InChI=1S/C18H33N3O.C4H4O4.C3H7NO2/c1-3-5-7-9-13-21(14-10-8-6-4-2)15-16-11-12-20-18(19)17(16)22;5-3(6)1-2-4(7)8;1-4(2)3(5)6/h12,15,22H,3-11,13-14,19H2,1-2H3;1-2H,(H,5,6)(H,7,8);1-2H3,(H,5,6)/b;2-1-;. The molecule has 1 rings (SSSR count). The number of carboxylic acid groups (broad SMARTS) is 3. The molecule has 0 radical (unpaired) electrons. The molecule has 1 aliphatic rings. The Morgan fingerprint density at radius 3 is 1.72 bits per heavy atom. The lowest BCUT2D eigenvalue weighted by Gasteiger charge is -2.23. The molecule has 206 valence electrons. The average Bonchev–Trinajstić information content (AvgIpc) is 2.81. The molecule has 11 nitrogen and oxygen atoms in total. The summed E-state index contributed by atoms with van der Waals surface area (Å²) in [6.07, 6.45) is 14.8. The molecule has 11 heteroatoms. The van der Waals surface area contributed by atoms with Gasteiger partial charge >= 0.3 is 18.0 Å². The average molecular weight is 513 g/mol. The molecule has 0 aliphatic carbocycles. The molecule has 0 saturated heterocycles. The Morgan fingerprint density at radius 1 is 0.917 bits per heavy atom. The van der Waals surface area contributed by atoms with Gasteiger partial charge in [0.05, 0.1) is 0 Å². The van der Waals surface area contributed by atoms with Crippen molar-refractivity contribution in [2.24, 2.45) is 10.7 Å². The first-order valence-electron chi connectivity index (χ1n) is 12.2. The van der Waals surface area contributed by atoms with Crippen LogP contribution < -0.4 is 5.73 Å². The number of nitrogens with zero attached hydrogens (tertiary/aromatic N) is 3. The second-order valence-electron chi connectivity index (χ2n) is 8.25. The van der Waals surface area contributed by atoms with Crippen LogP contribution in [0.4, 0.5) is 4.79 Å². The smallest absolute Gasteiger partial charge is 0.406 e. The molecule has 0 spiro atoms. The number of carbonyl (C=O) groups is 3. The van der Waals surface area contributed by atoms with E-state index in [9.17, 15) is 19.5 Å². The van der Waals surface area contributed by atoms with Crippen LogP contribution in [0, 0.1) is 0 Å². The minimum absolute atomic E-state index is 0.148. The van der Waals surface area contributed by atoms with Crippen LogP contribution in [-0.4, -0.2) is 81.7 Å². The molecule has 0 unspecified atom stereocenters. The van der Waals surface area contributed by atoms with Crippen LogP contribution in [0.1, 0.15) is 71.6 Å². The number of aliphatic imine (C=N–C) groups is 1. The van der Waals surface area contributed by atoms with E-state index in [1.54, 1.807) is 6.21 Å². The van der Waals surface area contributed by atoms with Gasteiger partial charge in [0, 0.05) is 63.7 Å². The third-order valence-corrected chi connectivity index (χ3v) is 4.78. The highest BCUT2D eigenvalue weighted by atomic mass is 16.4. The fourth-order valence-electron chi connectivity index (χ4n) is 2.77. The minimum Gasteiger partial charge on any atom is -0.504 e. The number of amides is 1. The fourth-order valence-corrected chi connectivity index (χ4v) is 2.77. The second-order valence-corrected chi connectivity index (χ2v) is 8.25. The van der Waals surface area contributed by atoms with Gasteiger partial charge in [-0.05, 0) is 12.8 Å². The van der Waals surface area contributed by atoms with E-state index in [4.69, 9.17) is 21.1 Å². The highest BCUT2D eigenvalue weighted by Gasteiger charge is 2.13. The molecule has 1 heterocycles. The Kier molecular flexibility index (Phi) is 21.2. The maximum absolute atomic E-state index is 10.1. The maximum Gasteiger partial charge on any atom is 0.406 e. The molecule has 1 amide bonds. The number of unbranched alkanes of at least 4 members (excludes halogenated alkanes) is 6. The van der Waals surface area contributed by atoms with E-state index in [1.165, 1.54) is 65.5 Å². The van der Waals surface area contributed by atoms with Gasteiger partial charge in [-0.2, -0.15) is 0 Å². The Morgan fingerprint density at radius 2 is 1.36 bits per heavy atom. The van der Waals surface area contributed by atoms with Crippen molar-refractivity contribution < 1.29 is 34.8 Å². The van der Waals surface area contributed by atoms with E-state index in [1.807, 2.05) is 0 Å². The van der Waals surface area contributed by atoms with Crippen LogP contribution in [0.15, 0.2) is 40.5 Å². The van der Waals surface area contributed by atoms with Crippen molar-refractivity contribution >= 4 is 24.2 Å². The summed E-state index contributed by atoms with van der Waals surface area (Å²) >= 11 is 0. The number of aliphatic carboxylic acids is 2. The fraction of sp³-hybridized carbons (Fsp3) is 0.600. The highest BCUT2D eigenvalue weighted by molar-refractivity contribution is 5.89. The van der Waals surface area contributed by atoms with Crippen molar-refractivity contribution in [1.29, 1.82) is 0 Å². The number of allylic oxidation sites excluding steroid dienone is 1. The Hall–Kier alpha value is -3.50. The van der Waals surface area contributed by atoms with Crippen molar-refractivity contribution in [2.45, 2.75) is 71.6 Å². The summed E-state index contributed by atoms with van der Waals surface area (Å²) in [7, 11) is 2.95. The molecule has 0 aromatic heterocycles. The van der Waals surface area contributed by atoms with Crippen molar-refractivity contribution in [1.82, 2.24) is 9.80 Å². The maximum atomic E-state index is 10.1. The number of nitrogens with two attached hydrogens (primary N) is 1. The van der Waals surface area contributed by atoms with Crippen LogP contribution in [0.5, 0.6) is 0 Å². The summed E-state index contributed by atoms with van der Waals surface area (Å²) in [6.45, 7) is 6.58. The van der Waals surface area contributed by atoms with Crippen molar-refractivity contribution in [3.05, 3.63) is 35.5 Å². The molecule has 0 aromatic rings. The third kappa shape index (κ3) is 21.1. The van der Waals surface area contributed by atoms with Crippen LogP contribution in [0.25, 0.3) is 0 Å². The Bertz CT molecular complexity index is 746. The van der Waals surface area contributed by atoms with Gasteiger partial charge in [-0.3, -0.25) is 0 Å². The third-order valence-electron chi connectivity index (χ3n) is 4.78. The number of aliphatic hydroxyl groups excluding tert-OH is 1. The SMILES string of the molecule is CCCCCCN(C=C1CC=NC(N)=C1O)CCCCCC.CN(C)C(=O)O.O=C(O)/C=C\C(=O)O. The predicted molar refractivity (Wildman–Crippen MR) is 141 cm³/mol. The van der Waals surface area contributed by atoms with Crippen LogP contribution in [0.3, 0.4) is 0 Å². The minimum atomic E-state index is -1.26. The number of rotatable bonds is 13. The van der Waals surface area contributed by atoms with Gasteiger partial charge in [-0.1, -0.05) is 52.4 Å². The molecule has 6 N–H and O–H groups in total. The van der Waals surface area contributed by atoms with Crippen LogP contribution in [0.2, 0.25) is 0 Å². The molecule has 36 heavy (non-hydrogen) atoms. The van der Waals surface area contributed by atoms with Crippen molar-refractivity contribution in [3.63, 3.8) is 0 Å². The quantitative estimate of drug-likeness (QED) is 0.176. The normalized spacial score (nSPS) is 13.5. The van der Waals surface area contributed by atoms with Crippen molar-refractivity contribution in [2.75, 3.05) is 27.2 Å². The first kappa shape index (κ1) is 34.7. The molecule has 0 aromatic carbocycles. The van der Waals surface area contributed by atoms with Gasteiger partial charge in [0.1, 0.15) is 0 Å². The van der Waals surface area contributed by atoms with E-state index < -0.39 is 18.0 Å². The summed E-state index contributed by atoms with van der Waals surface area (Å²) in [4.78, 5) is 36.1. The zero-order valence-corrected chi connectivity index (χ0v) is 22.0. The Balaban J connectivity index is 0. The second kappa shape index (κ2) is 22.0. The lowest BCUT2D eigenvalue weighted by atomic mass is 10.1. The summed E-state index contributed by atoms with van der Waals surface area (Å²) in [6, 6.07) is 0. The van der Waals surface area contributed by atoms with Crippen LogP contribution >= 0.6 is 0 Å². The molecule has 0 bridgehead atoms. The monoisotopic (exact) mass is 512 g/mol. The Labute approximate surface area is 214 Å². The lowest BCUT2D eigenvalue weighted by Crippen LogP contribution is -2.22. The zero-order chi connectivity index (χ0) is 27.9. The van der Waals surface area contributed by atoms with E-state index in [-0.39, 0.29) is 11.6 Å². The van der Waals surface area contributed by atoms with E-state index >= 15 is 0 Å². The molecule has 1 aliphatic heterocycles. The molecular formula is C25H44N4O7. The molecule has 0 atom stereocenters. The van der Waals surface area contributed by atoms with Gasteiger partial charge < -0.3 is 36.0 Å². The predicted octanol–water partition coefficient (Wildman–Crippen LogP) is 4.43. The topological polar surface area (TPSA) is 177 Å². The van der Waals surface area contributed by atoms with E-state index in [2.05, 4.69) is 29.9 Å². The van der Waals surface area contributed by atoms with Gasteiger partial charge in [0.2, 0.25) is 0 Å². The highest BCUT2D eigenvalue weighted by Crippen LogP contribution is 2.19. The summed E-state index contributed by atoms with van der Waals surface area (Å²) < 4.78 is 0. The summed E-state index contributed by atoms with van der Waals surface area (Å²) in [5, 5.41) is 33.6. The van der Waals surface area contributed by atoms with Crippen molar-refractivity contribution in [3.8, 4) is 0 Å². The number of aliphatic hydroxyl groups is 1. The van der Waals surface area contributed by atoms with Gasteiger partial charge in [-0.25, -0.2) is 19.4 Å². The first-order valence-corrected chi connectivity index (χ1v) is 12.2. The van der Waals surface area contributed by atoms with E-state index in [0.717, 1.165) is 23.6 Å². The largest absolute Gasteiger partial charge is 0.504 e.